The summed E-state index contributed by atoms with van der Waals surface area (Å²) < 4.78 is 25.0. The molecule has 4 rings (SSSR count). The van der Waals surface area contributed by atoms with Gasteiger partial charge in [0.2, 0.25) is 0 Å². The molecular weight excluding hydrogens is 540 g/mol. The van der Waals surface area contributed by atoms with Crippen LogP contribution >= 0.6 is 0 Å². The molecule has 5 N–H and O–H groups in total. The minimum absolute atomic E-state index is 0.0129. The van der Waals surface area contributed by atoms with Crippen LogP contribution in [0, 0.1) is 11.8 Å². The third kappa shape index (κ3) is 6.82. The first kappa shape index (κ1) is 32.3. The molecule has 0 bridgehead atoms. The average molecular weight is 587 g/mol. The van der Waals surface area contributed by atoms with Crippen molar-refractivity contribution in [1.29, 1.82) is 0 Å². The number of aliphatic hydroxyl groups excluding tert-OH is 5. The average Bonchev–Trinajstić information content (AvgIpc) is 3.59. The summed E-state index contributed by atoms with van der Waals surface area (Å²) in [6.07, 6.45) is -8.29. The summed E-state index contributed by atoms with van der Waals surface area (Å²) in [6.45, 7) is 11.4. The number of ether oxygens (including phenoxy) is 4. The van der Waals surface area contributed by atoms with Crippen LogP contribution < -0.4 is 0 Å². The predicted octanol–water partition coefficient (Wildman–Crippen LogP) is -1.03. The van der Waals surface area contributed by atoms with Crippen LogP contribution in [-0.2, 0) is 30.3 Å². The minimum atomic E-state index is -1.55. The fourth-order valence-electron chi connectivity index (χ4n) is 5.87. The second-order valence-corrected chi connectivity index (χ2v) is 12.1. The van der Waals surface area contributed by atoms with E-state index in [-0.39, 0.29) is 36.4 Å². The highest BCUT2D eigenvalue weighted by atomic mass is 16.7. The number of hydrogen-bond acceptors (Lipinski definition) is 13. The third-order valence-corrected chi connectivity index (χ3v) is 8.46. The van der Waals surface area contributed by atoms with Gasteiger partial charge in [0.1, 0.15) is 36.2 Å². The molecule has 3 saturated heterocycles. The van der Waals surface area contributed by atoms with E-state index in [2.05, 4.69) is 29.1 Å². The molecule has 3 aliphatic heterocycles. The van der Waals surface area contributed by atoms with Crippen LogP contribution in [0.25, 0.3) is 0 Å². The Kier molecular flexibility index (Phi) is 10.5. The SMILES string of the molecule is CC(C)C(=O)[C@@H]1C[C@@H](n2cc(CO[C@@H]3OC(CO)[C@H](O)[C@H](O[C@@H]4OC(C)[C@@H](O)[C@H](O)C4O)C3C)nn2)CN1C(C)C. The van der Waals surface area contributed by atoms with Crippen molar-refractivity contribution in [2.75, 3.05) is 13.2 Å². The second kappa shape index (κ2) is 13.4. The fourth-order valence-corrected chi connectivity index (χ4v) is 5.87. The molecule has 3 fully saturated rings. The monoisotopic (exact) mass is 586 g/mol. The van der Waals surface area contributed by atoms with Gasteiger partial charge in [0.15, 0.2) is 18.4 Å². The largest absolute Gasteiger partial charge is 0.394 e. The highest BCUT2D eigenvalue weighted by Gasteiger charge is 2.49. The quantitative estimate of drug-likeness (QED) is 0.224. The third-order valence-electron chi connectivity index (χ3n) is 8.46. The lowest BCUT2D eigenvalue weighted by atomic mass is 9.91. The summed E-state index contributed by atoms with van der Waals surface area (Å²) in [4.78, 5) is 15.0. The van der Waals surface area contributed by atoms with E-state index in [1.807, 2.05) is 13.8 Å². The zero-order chi connectivity index (χ0) is 30.2. The highest BCUT2D eigenvalue weighted by molar-refractivity contribution is 5.86. The Hall–Kier alpha value is -1.59. The maximum absolute atomic E-state index is 12.8. The summed E-state index contributed by atoms with van der Waals surface area (Å²) in [6, 6.07) is 0.0323. The molecule has 3 aliphatic rings. The van der Waals surface area contributed by atoms with Crippen molar-refractivity contribution in [2.45, 2.75) is 128 Å². The van der Waals surface area contributed by atoms with Crippen LogP contribution in [0.3, 0.4) is 0 Å². The number of carbonyl (C=O) groups excluding carboxylic acids is 1. The van der Waals surface area contributed by atoms with Gasteiger partial charge in [-0.3, -0.25) is 9.69 Å². The molecule has 41 heavy (non-hydrogen) atoms. The zero-order valence-corrected chi connectivity index (χ0v) is 24.6. The first-order valence-electron chi connectivity index (χ1n) is 14.4. The number of carbonyl (C=O) groups is 1. The standard InChI is InChI=1S/C27H46N4O10/c1-12(2)20(33)18-7-17(9-30(18)13(3)4)31-8-16(28-29-31)11-38-26-14(5)25(22(35)19(10-32)40-26)41-27-24(37)23(36)21(34)15(6)39-27/h8,12-15,17-19,21-27,32,34-37H,7,9-11H2,1-6H3/t14?,15?,17-,18+,19?,21-,22+,23+,24?,25-,26-,27+/m1/s1. The van der Waals surface area contributed by atoms with Gasteiger partial charge in [-0.25, -0.2) is 4.68 Å². The van der Waals surface area contributed by atoms with E-state index < -0.39 is 67.8 Å². The first-order chi connectivity index (χ1) is 19.3. The maximum atomic E-state index is 12.8. The van der Waals surface area contributed by atoms with E-state index >= 15 is 0 Å². The van der Waals surface area contributed by atoms with Gasteiger partial charge in [0.25, 0.3) is 0 Å². The Morgan fingerprint density at radius 1 is 1.05 bits per heavy atom. The Bertz CT molecular complexity index is 1010. The Labute approximate surface area is 240 Å². The Morgan fingerprint density at radius 2 is 1.76 bits per heavy atom. The molecule has 4 heterocycles. The van der Waals surface area contributed by atoms with Crippen molar-refractivity contribution < 1.29 is 49.3 Å². The van der Waals surface area contributed by atoms with Crippen LogP contribution in [0.1, 0.15) is 59.7 Å². The van der Waals surface area contributed by atoms with Gasteiger partial charge in [-0.1, -0.05) is 26.0 Å². The zero-order valence-electron chi connectivity index (χ0n) is 24.6. The second-order valence-electron chi connectivity index (χ2n) is 12.1. The molecule has 0 aromatic carbocycles. The van der Waals surface area contributed by atoms with Crippen molar-refractivity contribution in [2.24, 2.45) is 11.8 Å². The molecule has 234 valence electrons. The van der Waals surface area contributed by atoms with Crippen LogP contribution in [0.4, 0.5) is 0 Å². The lowest BCUT2D eigenvalue weighted by Crippen LogP contribution is -2.62. The number of nitrogens with zero attached hydrogens (tertiary/aromatic N) is 4. The number of aliphatic hydroxyl groups is 5. The molecule has 0 spiro atoms. The predicted molar refractivity (Wildman–Crippen MR) is 142 cm³/mol. The van der Waals surface area contributed by atoms with Gasteiger partial charge >= 0.3 is 0 Å². The number of Topliss-reactive ketones (excluding diaryl/α,β-unsaturated/α-hetero) is 1. The molecule has 14 heteroatoms. The molecule has 4 unspecified atom stereocenters. The van der Waals surface area contributed by atoms with Gasteiger partial charge in [-0.15, -0.1) is 5.10 Å². The number of aromatic nitrogens is 3. The van der Waals surface area contributed by atoms with E-state index in [0.717, 1.165) is 0 Å². The van der Waals surface area contributed by atoms with E-state index in [4.69, 9.17) is 18.9 Å². The Balaban J connectivity index is 1.40. The van der Waals surface area contributed by atoms with Crippen molar-refractivity contribution in [3.05, 3.63) is 11.9 Å². The van der Waals surface area contributed by atoms with Gasteiger partial charge in [0.05, 0.1) is 43.7 Å². The summed E-state index contributed by atoms with van der Waals surface area (Å²) in [5.41, 5.74) is 0.539. The fraction of sp³-hybridized carbons (Fsp3) is 0.889. The number of rotatable bonds is 10. The van der Waals surface area contributed by atoms with E-state index in [9.17, 15) is 30.3 Å². The molecule has 1 aromatic rings. The summed E-state index contributed by atoms with van der Waals surface area (Å²) in [7, 11) is 0. The van der Waals surface area contributed by atoms with Gasteiger partial charge in [-0.2, -0.15) is 0 Å². The lowest BCUT2D eigenvalue weighted by Gasteiger charge is -2.46. The molecule has 0 aliphatic carbocycles. The van der Waals surface area contributed by atoms with Crippen LogP contribution in [0.2, 0.25) is 0 Å². The van der Waals surface area contributed by atoms with Crippen molar-refractivity contribution >= 4 is 5.78 Å². The smallest absolute Gasteiger partial charge is 0.186 e. The van der Waals surface area contributed by atoms with Gasteiger partial charge in [-0.05, 0) is 27.2 Å². The molecule has 12 atom stereocenters. The maximum Gasteiger partial charge on any atom is 0.186 e. The highest BCUT2D eigenvalue weighted by Crippen LogP contribution is 2.34. The van der Waals surface area contributed by atoms with Crippen molar-refractivity contribution in [3.8, 4) is 0 Å². The van der Waals surface area contributed by atoms with Crippen molar-refractivity contribution in [3.63, 3.8) is 0 Å². The molecule has 0 saturated carbocycles. The molecular formula is C27H46N4O10. The molecule has 0 amide bonds. The number of hydrogen-bond donors (Lipinski definition) is 5. The molecule has 1 aromatic heterocycles. The minimum Gasteiger partial charge on any atom is -0.394 e. The number of ketones is 1. The van der Waals surface area contributed by atoms with Crippen LogP contribution in [-0.4, -0.2) is 132 Å². The summed E-state index contributed by atoms with van der Waals surface area (Å²) in [5, 5.41) is 59.7. The van der Waals surface area contributed by atoms with Crippen molar-refractivity contribution in [1.82, 2.24) is 19.9 Å². The number of likely N-dealkylation sites (tertiary alicyclic amines) is 1. The first-order valence-corrected chi connectivity index (χ1v) is 14.4. The topological polar surface area (TPSA) is 189 Å². The van der Waals surface area contributed by atoms with E-state index in [1.165, 1.54) is 6.92 Å². The lowest BCUT2D eigenvalue weighted by molar-refractivity contribution is -0.349. The summed E-state index contributed by atoms with van der Waals surface area (Å²) >= 11 is 0. The molecule has 14 nitrogen and oxygen atoms in total. The van der Waals surface area contributed by atoms with E-state index in [0.29, 0.717) is 18.7 Å². The van der Waals surface area contributed by atoms with E-state index in [1.54, 1.807) is 17.8 Å². The molecule has 0 radical (unpaired) electrons. The summed E-state index contributed by atoms with van der Waals surface area (Å²) in [5.74, 6) is -0.425. The van der Waals surface area contributed by atoms with Crippen LogP contribution in [0.5, 0.6) is 0 Å². The normalized spacial score (nSPS) is 40.5. The van der Waals surface area contributed by atoms with Crippen LogP contribution in [0.15, 0.2) is 6.20 Å². The van der Waals surface area contributed by atoms with Gasteiger partial charge in [0, 0.05) is 24.4 Å². The van der Waals surface area contributed by atoms with Gasteiger partial charge < -0.3 is 44.5 Å². The Morgan fingerprint density at radius 3 is 2.39 bits per heavy atom.